The van der Waals surface area contributed by atoms with Crippen LogP contribution in [-0.4, -0.2) is 26.7 Å². The third-order valence-corrected chi connectivity index (χ3v) is 4.52. The van der Waals surface area contributed by atoms with Crippen LogP contribution in [0.5, 0.6) is 5.75 Å². The van der Waals surface area contributed by atoms with Crippen LogP contribution in [-0.2, 0) is 24.2 Å². The Hall–Kier alpha value is -2.92. The summed E-state index contributed by atoms with van der Waals surface area (Å²) in [5.41, 5.74) is 4.93. The van der Waals surface area contributed by atoms with Gasteiger partial charge in [-0.1, -0.05) is 36.4 Å². The Morgan fingerprint density at radius 2 is 2.04 bits per heavy atom. The first-order chi connectivity index (χ1) is 12.6. The predicted molar refractivity (Wildman–Crippen MR) is 97.9 cm³/mol. The number of benzene rings is 2. The smallest absolute Gasteiger partial charge is 0.315 e. The number of ether oxygens (including phenoxy) is 1. The van der Waals surface area contributed by atoms with Crippen molar-refractivity contribution < 1.29 is 14.6 Å². The molecule has 0 saturated heterocycles. The lowest BCUT2D eigenvalue weighted by atomic mass is 10.1. The second-order valence-electron chi connectivity index (χ2n) is 6.68. The van der Waals surface area contributed by atoms with Gasteiger partial charge in [0.25, 0.3) is 0 Å². The van der Waals surface area contributed by atoms with Crippen LogP contribution < -0.4 is 4.74 Å². The molecule has 1 N–H and O–H groups in total. The molecule has 2 heterocycles. The molecule has 0 spiro atoms. The van der Waals surface area contributed by atoms with Crippen LogP contribution >= 0.6 is 0 Å². The molecular weight excluding hydrogens is 328 g/mol. The fourth-order valence-electron chi connectivity index (χ4n) is 3.35. The molecule has 3 aromatic rings. The third kappa shape index (κ3) is 3.26. The van der Waals surface area contributed by atoms with Crippen molar-refractivity contribution in [2.75, 3.05) is 0 Å². The number of aliphatic hydroxyl groups excluding tert-OH is 1. The van der Waals surface area contributed by atoms with E-state index in [0.29, 0.717) is 25.1 Å². The normalized spacial score (nSPS) is 14.2. The lowest BCUT2D eigenvalue weighted by Gasteiger charge is -2.12. The monoisotopic (exact) mass is 348 g/mol. The molecule has 0 aliphatic carbocycles. The number of carbonyl (C=O) groups is 1. The highest BCUT2D eigenvalue weighted by Crippen LogP contribution is 2.28. The van der Waals surface area contributed by atoms with E-state index in [1.54, 1.807) is 6.92 Å². The van der Waals surface area contributed by atoms with Crippen molar-refractivity contribution in [3.63, 3.8) is 0 Å². The molecule has 0 fully saturated rings. The lowest BCUT2D eigenvalue weighted by Crippen LogP contribution is -2.11. The lowest BCUT2D eigenvalue weighted by molar-refractivity contribution is -0.131. The first-order valence-corrected chi connectivity index (χ1v) is 8.70. The minimum Gasteiger partial charge on any atom is -0.426 e. The first-order valence-electron chi connectivity index (χ1n) is 8.70. The Bertz CT molecular complexity index is 945. The van der Waals surface area contributed by atoms with E-state index in [9.17, 15) is 9.90 Å². The molecule has 0 bridgehead atoms. The van der Waals surface area contributed by atoms with Gasteiger partial charge in [0.2, 0.25) is 0 Å². The van der Waals surface area contributed by atoms with E-state index in [1.807, 2.05) is 54.9 Å². The van der Waals surface area contributed by atoms with Crippen molar-refractivity contribution in [1.82, 2.24) is 9.55 Å². The summed E-state index contributed by atoms with van der Waals surface area (Å²) in [5.74, 6) is 0.444. The molecule has 132 valence electrons. The van der Waals surface area contributed by atoms with E-state index in [0.717, 1.165) is 28.1 Å². The second-order valence-corrected chi connectivity index (χ2v) is 6.68. The zero-order valence-corrected chi connectivity index (χ0v) is 14.6. The minimum atomic E-state index is -0.459. The highest BCUT2D eigenvalue weighted by Gasteiger charge is 2.21. The number of aromatic nitrogens is 2. The summed E-state index contributed by atoms with van der Waals surface area (Å²) < 4.78 is 7.22. The molecule has 1 atom stereocenters. The number of hydrogen-bond donors (Lipinski definition) is 1. The van der Waals surface area contributed by atoms with Crippen LogP contribution in [0.3, 0.4) is 0 Å². The van der Waals surface area contributed by atoms with Gasteiger partial charge in [0.15, 0.2) is 0 Å². The van der Waals surface area contributed by atoms with Crippen LogP contribution in [0.25, 0.3) is 11.3 Å². The number of carbonyl (C=O) groups excluding carboxylic acids is 1. The summed E-state index contributed by atoms with van der Waals surface area (Å²) in [6, 6.07) is 15.8. The van der Waals surface area contributed by atoms with E-state index in [4.69, 9.17) is 4.74 Å². The van der Waals surface area contributed by atoms with E-state index >= 15 is 0 Å². The van der Waals surface area contributed by atoms with E-state index < -0.39 is 6.10 Å². The highest BCUT2D eigenvalue weighted by molar-refractivity contribution is 5.81. The van der Waals surface area contributed by atoms with Gasteiger partial charge in [-0.2, -0.15) is 0 Å². The van der Waals surface area contributed by atoms with Gasteiger partial charge < -0.3 is 14.4 Å². The van der Waals surface area contributed by atoms with Crippen LogP contribution in [0, 0.1) is 0 Å². The Kier molecular flexibility index (Phi) is 4.31. The first kappa shape index (κ1) is 16.5. The summed E-state index contributed by atoms with van der Waals surface area (Å²) in [6.07, 6.45) is 2.20. The fraction of sp³-hybridized carbons (Fsp3) is 0.238. The second kappa shape index (κ2) is 6.77. The molecule has 4 rings (SSSR count). The standard InChI is InChI=1S/C21H20N2O3/c1-14(24)9-18-21(16-5-3-2-4-6-16)22-13-23(18)12-15-7-8-19-17(10-15)11-20(25)26-19/h2-8,10,13-14,24H,9,11-12H2,1H3. The molecular formula is C21H20N2O3. The van der Waals surface area contributed by atoms with Crippen LogP contribution in [0.2, 0.25) is 0 Å². The van der Waals surface area contributed by atoms with E-state index in [2.05, 4.69) is 9.55 Å². The predicted octanol–water partition coefficient (Wildman–Crippen LogP) is 2.98. The number of hydrogen-bond acceptors (Lipinski definition) is 4. The van der Waals surface area contributed by atoms with Crippen LogP contribution in [0.4, 0.5) is 0 Å². The van der Waals surface area contributed by atoms with Crippen molar-refractivity contribution in [2.45, 2.75) is 32.4 Å². The fourth-order valence-corrected chi connectivity index (χ4v) is 3.35. The van der Waals surface area contributed by atoms with Crippen LogP contribution in [0.1, 0.15) is 23.7 Å². The molecule has 26 heavy (non-hydrogen) atoms. The number of esters is 1. The Balaban J connectivity index is 1.67. The van der Waals surface area contributed by atoms with Crippen molar-refractivity contribution >= 4 is 5.97 Å². The molecule has 5 nitrogen and oxygen atoms in total. The largest absolute Gasteiger partial charge is 0.426 e. The highest BCUT2D eigenvalue weighted by atomic mass is 16.5. The summed E-state index contributed by atoms with van der Waals surface area (Å²) in [6.45, 7) is 2.41. The van der Waals surface area contributed by atoms with Crippen LogP contribution in [0.15, 0.2) is 54.9 Å². The van der Waals surface area contributed by atoms with Gasteiger partial charge in [-0.05, 0) is 24.6 Å². The SMILES string of the molecule is CC(O)Cc1c(-c2ccccc2)ncn1Cc1ccc2c(c1)CC(=O)O2. The Morgan fingerprint density at radius 3 is 2.81 bits per heavy atom. The number of fused-ring (bicyclic) bond motifs is 1. The van der Waals surface area contributed by atoms with Crippen molar-refractivity contribution in [2.24, 2.45) is 0 Å². The maximum Gasteiger partial charge on any atom is 0.315 e. The number of aliphatic hydroxyl groups is 1. The van der Waals surface area contributed by atoms with E-state index in [1.165, 1.54) is 0 Å². The maximum absolute atomic E-state index is 11.4. The number of rotatable bonds is 5. The Labute approximate surface area is 151 Å². The topological polar surface area (TPSA) is 64.4 Å². The molecule has 5 heteroatoms. The average Bonchev–Trinajstić information content (AvgIpc) is 3.18. The van der Waals surface area contributed by atoms with E-state index in [-0.39, 0.29) is 5.97 Å². The Morgan fingerprint density at radius 1 is 1.23 bits per heavy atom. The van der Waals surface area contributed by atoms with Gasteiger partial charge in [0.05, 0.1) is 24.5 Å². The van der Waals surface area contributed by atoms with Crippen molar-refractivity contribution in [3.05, 3.63) is 71.7 Å². The maximum atomic E-state index is 11.4. The summed E-state index contributed by atoms with van der Waals surface area (Å²) in [4.78, 5) is 16.0. The average molecular weight is 348 g/mol. The van der Waals surface area contributed by atoms with Gasteiger partial charge >= 0.3 is 5.97 Å². The zero-order valence-electron chi connectivity index (χ0n) is 14.6. The van der Waals surface area contributed by atoms with Crippen molar-refractivity contribution in [3.8, 4) is 17.0 Å². The molecule has 0 amide bonds. The summed E-state index contributed by atoms with van der Waals surface area (Å²) in [5, 5.41) is 9.95. The molecule has 0 saturated carbocycles. The van der Waals surface area contributed by atoms with Gasteiger partial charge in [-0.25, -0.2) is 4.98 Å². The molecule has 1 unspecified atom stereocenters. The molecule has 1 aromatic heterocycles. The van der Waals surface area contributed by atoms with Gasteiger partial charge in [-0.15, -0.1) is 0 Å². The van der Waals surface area contributed by atoms with Gasteiger partial charge in [-0.3, -0.25) is 4.79 Å². The molecule has 1 aliphatic rings. The summed E-state index contributed by atoms with van der Waals surface area (Å²) >= 11 is 0. The van der Waals surface area contributed by atoms with Gasteiger partial charge in [0.1, 0.15) is 5.75 Å². The number of nitrogens with zero attached hydrogens (tertiary/aromatic N) is 2. The quantitative estimate of drug-likeness (QED) is 0.569. The molecule has 1 aliphatic heterocycles. The summed E-state index contributed by atoms with van der Waals surface area (Å²) in [7, 11) is 0. The molecule has 2 aromatic carbocycles. The zero-order chi connectivity index (χ0) is 18.1. The third-order valence-electron chi connectivity index (χ3n) is 4.52. The number of imidazole rings is 1. The molecule has 0 radical (unpaired) electrons. The van der Waals surface area contributed by atoms with Gasteiger partial charge in [0, 0.05) is 29.8 Å². The van der Waals surface area contributed by atoms with Crippen molar-refractivity contribution in [1.29, 1.82) is 0 Å². The minimum absolute atomic E-state index is 0.207.